The number of hydrogen-bond donors (Lipinski definition) is 2. The summed E-state index contributed by atoms with van der Waals surface area (Å²) in [6.45, 7) is 2.59. The summed E-state index contributed by atoms with van der Waals surface area (Å²) >= 11 is 0. The molecule has 0 unspecified atom stereocenters. The van der Waals surface area contributed by atoms with Crippen molar-refractivity contribution in [2.45, 2.75) is 13.3 Å². The number of benzene rings is 2. The summed E-state index contributed by atoms with van der Waals surface area (Å²) in [6.07, 6.45) is 2.23. The van der Waals surface area contributed by atoms with E-state index in [9.17, 15) is 4.79 Å². The topological polar surface area (TPSA) is 54.1 Å². The molecule has 0 bridgehead atoms. The molecule has 1 amide bonds. The van der Waals surface area contributed by atoms with Gasteiger partial charge in [-0.25, -0.2) is 0 Å². The van der Waals surface area contributed by atoms with Crippen LogP contribution in [0.25, 0.3) is 10.9 Å². The van der Waals surface area contributed by atoms with E-state index in [0.29, 0.717) is 13.0 Å². The third-order valence-corrected chi connectivity index (χ3v) is 3.44. The Labute approximate surface area is 129 Å². The smallest absolute Gasteiger partial charge is 0.228 e. The number of carbonyl (C=O) groups excluding carboxylic acids is 1. The Morgan fingerprint density at radius 2 is 1.95 bits per heavy atom. The Kier molecular flexibility index (Phi) is 4.10. The van der Waals surface area contributed by atoms with Crippen LogP contribution in [0.3, 0.4) is 0 Å². The molecule has 22 heavy (non-hydrogen) atoms. The fourth-order valence-corrected chi connectivity index (χ4v) is 2.39. The Morgan fingerprint density at radius 1 is 1.14 bits per heavy atom. The molecule has 3 rings (SSSR count). The van der Waals surface area contributed by atoms with Crippen LogP contribution in [-0.2, 0) is 11.2 Å². The molecule has 0 aliphatic heterocycles. The molecule has 1 aromatic heterocycles. The van der Waals surface area contributed by atoms with Crippen molar-refractivity contribution in [1.82, 2.24) is 4.98 Å². The Hall–Kier alpha value is -2.75. The van der Waals surface area contributed by atoms with Gasteiger partial charge in [-0.05, 0) is 48.2 Å². The van der Waals surface area contributed by atoms with Gasteiger partial charge >= 0.3 is 0 Å². The van der Waals surface area contributed by atoms with Crippen LogP contribution in [0.4, 0.5) is 5.69 Å². The number of fused-ring (bicyclic) bond motifs is 1. The lowest BCUT2D eigenvalue weighted by atomic mass is 10.1. The molecule has 0 spiro atoms. The highest BCUT2D eigenvalue weighted by Crippen LogP contribution is 2.18. The lowest BCUT2D eigenvalue weighted by Crippen LogP contribution is -2.14. The van der Waals surface area contributed by atoms with Gasteiger partial charge in [-0.1, -0.05) is 18.2 Å². The summed E-state index contributed by atoms with van der Waals surface area (Å²) in [5.74, 6) is 0.791. The van der Waals surface area contributed by atoms with E-state index >= 15 is 0 Å². The molecule has 3 aromatic rings. The zero-order chi connectivity index (χ0) is 15.4. The van der Waals surface area contributed by atoms with Crippen molar-refractivity contribution >= 4 is 22.5 Å². The van der Waals surface area contributed by atoms with Crippen molar-refractivity contribution < 1.29 is 9.53 Å². The second-order valence-corrected chi connectivity index (χ2v) is 5.08. The fraction of sp³-hybridized carbons (Fsp3) is 0.167. The van der Waals surface area contributed by atoms with Crippen LogP contribution >= 0.6 is 0 Å². The highest BCUT2D eigenvalue weighted by atomic mass is 16.5. The van der Waals surface area contributed by atoms with E-state index in [-0.39, 0.29) is 5.91 Å². The van der Waals surface area contributed by atoms with Crippen LogP contribution in [0.1, 0.15) is 12.5 Å². The first-order valence-corrected chi connectivity index (χ1v) is 7.33. The van der Waals surface area contributed by atoms with E-state index in [2.05, 4.69) is 10.3 Å². The van der Waals surface area contributed by atoms with E-state index in [1.807, 2.05) is 61.7 Å². The van der Waals surface area contributed by atoms with Crippen LogP contribution in [0.2, 0.25) is 0 Å². The first kappa shape index (κ1) is 14.2. The molecule has 0 aliphatic rings. The van der Waals surface area contributed by atoms with Gasteiger partial charge in [0.25, 0.3) is 0 Å². The number of hydrogen-bond acceptors (Lipinski definition) is 2. The summed E-state index contributed by atoms with van der Waals surface area (Å²) in [7, 11) is 0. The molecule has 0 saturated carbocycles. The molecular formula is C18H18N2O2. The first-order chi connectivity index (χ1) is 10.7. The van der Waals surface area contributed by atoms with Gasteiger partial charge in [0.05, 0.1) is 13.0 Å². The predicted octanol–water partition coefficient (Wildman–Crippen LogP) is 3.75. The highest BCUT2D eigenvalue weighted by Gasteiger charge is 2.05. The number of anilines is 1. The molecular weight excluding hydrogens is 276 g/mol. The molecule has 2 aromatic carbocycles. The van der Waals surface area contributed by atoms with E-state index in [1.54, 1.807) is 0 Å². The summed E-state index contributed by atoms with van der Waals surface area (Å²) < 4.78 is 5.39. The minimum Gasteiger partial charge on any atom is -0.494 e. The van der Waals surface area contributed by atoms with Gasteiger partial charge < -0.3 is 15.0 Å². The number of H-pyrrole nitrogens is 1. The molecule has 0 saturated heterocycles. The minimum absolute atomic E-state index is 0.0323. The van der Waals surface area contributed by atoms with Gasteiger partial charge in [-0.3, -0.25) is 4.79 Å². The summed E-state index contributed by atoms with van der Waals surface area (Å²) in [4.78, 5) is 15.3. The maximum Gasteiger partial charge on any atom is 0.228 e. The predicted molar refractivity (Wildman–Crippen MR) is 88.2 cm³/mol. The molecule has 0 atom stereocenters. The molecule has 4 heteroatoms. The second-order valence-electron chi connectivity index (χ2n) is 5.08. The van der Waals surface area contributed by atoms with E-state index in [1.165, 1.54) is 0 Å². The quantitative estimate of drug-likeness (QED) is 0.753. The Bertz CT molecular complexity index is 775. The monoisotopic (exact) mass is 294 g/mol. The van der Waals surface area contributed by atoms with Crippen molar-refractivity contribution in [3.8, 4) is 5.75 Å². The molecule has 0 fully saturated rings. The van der Waals surface area contributed by atoms with Crippen molar-refractivity contribution in [3.63, 3.8) is 0 Å². The van der Waals surface area contributed by atoms with Gasteiger partial charge in [0.1, 0.15) is 5.75 Å². The summed E-state index contributed by atoms with van der Waals surface area (Å²) in [6, 6.07) is 15.4. The average Bonchev–Trinajstić information content (AvgIpc) is 2.97. The maximum atomic E-state index is 12.1. The minimum atomic E-state index is -0.0323. The average molecular weight is 294 g/mol. The maximum absolute atomic E-state index is 12.1. The van der Waals surface area contributed by atoms with Crippen LogP contribution < -0.4 is 10.1 Å². The first-order valence-electron chi connectivity index (χ1n) is 7.33. The van der Waals surface area contributed by atoms with Crippen molar-refractivity contribution in [3.05, 3.63) is 60.3 Å². The summed E-state index contributed by atoms with van der Waals surface area (Å²) in [5, 5.41) is 4.05. The second kappa shape index (κ2) is 6.35. The molecule has 0 aliphatic carbocycles. The molecule has 112 valence electrons. The normalized spacial score (nSPS) is 10.6. The lowest BCUT2D eigenvalue weighted by molar-refractivity contribution is -0.115. The van der Waals surface area contributed by atoms with Crippen LogP contribution in [-0.4, -0.2) is 17.5 Å². The third-order valence-electron chi connectivity index (χ3n) is 3.44. The van der Waals surface area contributed by atoms with Crippen molar-refractivity contribution in [2.75, 3.05) is 11.9 Å². The molecule has 2 N–H and O–H groups in total. The molecule has 4 nitrogen and oxygen atoms in total. The van der Waals surface area contributed by atoms with Gasteiger partial charge in [-0.2, -0.15) is 0 Å². The highest BCUT2D eigenvalue weighted by molar-refractivity contribution is 5.94. The number of rotatable bonds is 5. The lowest BCUT2D eigenvalue weighted by Gasteiger charge is -2.07. The van der Waals surface area contributed by atoms with Gasteiger partial charge in [0, 0.05) is 17.4 Å². The number of amides is 1. The van der Waals surface area contributed by atoms with Crippen LogP contribution in [0.5, 0.6) is 5.75 Å². The van der Waals surface area contributed by atoms with Crippen molar-refractivity contribution in [1.29, 1.82) is 0 Å². The Balaban J connectivity index is 1.63. The Morgan fingerprint density at radius 3 is 2.73 bits per heavy atom. The van der Waals surface area contributed by atoms with Gasteiger partial charge in [0.2, 0.25) is 5.91 Å². The van der Waals surface area contributed by atoms with Crippen LogP contribution in [0, 0.1) is 0 Å². The zero-order valence-corrected chi connectivity index (χ0v) is 12.4. The van der Waals surface area contributed by atoms with Crippen LogP contribution in [0.15, 0.2) is 54.7 Å². The van der Waals surface area contributed by atoms with E-state index in [4.69, 9.17) is 4.74 Å². The standard InChI is InChI=1S/C18H18N2O2/c1-2-22-16-7-3-13(4-8-16)11-18(21)20-15-6-5-14-9-10-19-17(14)12-15/h3-10,12,19H,2,11H2,1H3,(H,20,21). The SMILES string of the molecule is CCOc1ccc(CC(=O)Nc2ccc3cc[nH]c3c2)cc1. The summed E-state index contributed by atoms with van der Waals surface area (Å²) in [5.41, 5.74) is 2.77. The van der Waals surface area contributed by atoms with Crippen molar-refractivity contribution in [2.24, 2.45) is 0 Å². The van der Waals surface area contributed by atoms with Gasteiger partial charge in [-0.15, -0.1) is 0 Å². The molecule has 1 heterocycles. The fourth-order valence-electron chi connectivity index (χ4n) is 2.39. The number of nitrogens with one attached hydrogen (secondary N) is 2. The van der Waals surface area contributed by atoms with Gasteiger partial charge in [0.15, 0.2) is 0 Å². The third kappa shape index (κ3) is 3.28. The molecule has 0 radical (unpaired) electrons. The number of ether oxygens (including phenoxy) is 1. The van der Waals surface area contributed by atoms with E-state index in [0.717, 1.165) is 27.9 Å². The number of aromatic amines is 1. The number of aromatic nitrogens is 1. The zero-order valence-electron chi connectivity index (χ0n) is 12.4. The van der Waals surface area contributed by atoms with E-state index < -0.39 is 0 Å². The largest absolute Gasteiger partial charge is 0.494 e. The number of carbonyl (C=O) groups is 1.